The molecule has 0 atom stereocenters. The van der Waals surface area contributed by atoms with Gasteiger partial charge >= 0.3 is 6.03 Å². The molecule has 1 saturated carbocycles. The molecule has 1 aromatic rings. The number of para-hydroxylation sites is 1. The largest absolute Gasteiger partial charge is 0.322 e. The van der Waals surface area contributed by atoms with Crippen LogP contribution in [-0.2, 0) is 0 Å². The predicted octanol–water partition coefficient (Wildman–Crippen LogP) is 4.60. The lowest BCUT2D eigenvalue weighted by molar-refractivity contribution is 0.0943. The van der Waals surface area contributed by atoms with Crippen molar-refractivity contribution in [2.75, 3.05) is 31.5 Å². The van der Waals surface area contributed by atoms with Crippen LogP contribution in [0.4, 0.5) is 10.5 Å². The fourth-order valence-corrected chi connectivity index (χ4v) is 4.26. The summed E-state index contributed by atoms with van der Waals surface area (Å²) in [5.41, 5.74) is 3.35. The summed E-state index contributed by atoms with van der Waals surface area (Å²) in [6.07, 6.45) is 6.82. The van der Waals surface area contributed by atoms with E-state index < -0.39 is 0 Å². The molecule has 0 spiro atoms. The van der Waals surface area contributed by atoms with Crippen molar-refractivity contribution in [2.24, 2.45) is 0 Å². The Balaban J connectivity index is 1.58. The van der Waals surface area contributed by atoms with Crippen molar-refractivity contribution < 1.29 is 4.79 Å². The van der Waals surface area contributed by atoms with Crippen LogP contribution in [0.25, 0.3) is 0 Å². The Morgan fingerprint density at radius 2 is 1.76 bits per heavy atom. The molecule has 25 heavy (non-hydrogen) atoms. The van der Waals surface area contributed by atoms with Gasteiger partial charge in [-0.05, 0) is 36.8 Å². The average molecular weight is 344 g/mol. The standard InChI is InChI=1S/C21H33N3O/c1-16(2)19-11-7-8-17(3)20(19)22-21(25)24-14-12-23(13-15-24)18-9-5-4-6-10-18/h7-8,11,16,18H,4-6,9-10,12-15H2,1-3H3,(H,22,25). The molecule has 3 rings (SSSR count). The molecule has 138 valence electrons. The first-order valence-electron chi connectivity index (χ1n) is 9.95. The number of nitrogens with one attached hydrogen (secondary N) is 1. The van der Waals surface area contributed by atoms with Gasteiger partial charge in [-0.25, -0.2) is 4.79 Å². The van der Waals surface area contributed by atoms with Gasteiger partial charge in [0.1, 0.15) is 0 Å². The lowest BCUT2D eigenvalue weighted by Crippen LogP contribution is -2.53. The summed E-state index contributed by atoms with van der Waals surface area (Å²) >= 11 is 0. The molecule has 2 fully saturated rings. The number of carbonyl (C=O) groups is 1. The van der Waals surface area contributed by atoms with Crippen LogP contribution < -0.4 is 5.32 Å². The summed E-state index contributed by atoms with van der Waals surface area (Å²) < 4.78 is 0. The number of rotatable bonds is 3. The van der Waals surface area contributed by atoms with E-state index in [9.17, 15) is 4.79 Å². The molecular weight excluding hydrogens is 310 g/mol. The highest BCUT2D eigenvalue weighted by Gasteiger charge is 2.27. The summed E-state index contributed by atoms with van der Waals surface area (Å²) in [6.45, 7) is 10.1. The summed E-state index contributed by atoms with van der Waals surface area (Å²) in [5, 5.41) is 3.19. The molecular formula is C21H33N3O. The fourth-order valence-electron chi connectivity index (χ4n) is 4.26. The first kappa shape index (κ1) is 18.2. The fraction of sp³-hybridized carbons (Fsp3) is 0.667. The maximum Gasteiger partial charge on any atom is 0.321 e. The Labute approximate surface area is 152 Å². The highest BCUT2D eigenvalue weighted by Crippen LogP contribution is 2.28. The smallest absolute Gasteiger partial charge is 0.321 e. The van der Waals surface area contributed by atoms with Crippen molar-refractivity contribution in [3.63, 3.8) is 0 Å². The first-order valence-corrected chi connectivity index (χ1v) is 9.95. The lowest BCUT2D eigenvalue weighted by Gasteiger charge is -2.40. The van der Waals surface area contributed by atoms with Crippen LogP contribution in [0.2, 0.25) is 0 Å². The van der Waals surface area contributed by atoms with Crippen LogP contribution >= 0.6 is 0 Å². The topological polar surface area (TPSA) is 35.6 Å². The second-order valence-corrected chi connectivity index (χ2v) is 7.94. The molecule has 4 heteroatoms. The number of urea groups is 1. The lowest BCUT2D eigenvalue weighted by atomic mass is 9.94. The number of piperazine rings is 1. The Hall–Kier alpha value is -1.55. The second-order valence-electron chi connectivity index (χ2n) is 7.94. The van der Waals surface area contributed by atoms with Crippen molar-refractivity contribution in [1.29, 1.82) is 0 Å². The van der Waals surface area contributed by atoms with Crippen LogP contribution in [0.15, 0.2) is 18.2 Å². The Kier molecular flexibility index (Phi) is 6.00. The number of anilines is 1. The summed E-state index contributed by atoms with van der Waals surface area (Å²) in [6, 6.07) is 7.07. The Morgan fingerprint density at radius 1 is 1.08 bits per heavy atom. The third-order valence-corrected chi connectivity index (χ3v) is 5.85. The molecule has 0 aromatic heterocycles. The third-order valence-electron chi connectivity index (χ3n) is 5.85. The van der Waals surface area contributed by atoms with E-state index in [1.807, 2.05) is 4.90 Å². The van der Waals surface area contributed by atoms with Gasteiger partial charge in [0.05, 0.1) is 0 Å². The van der Waals surface area contributed by atoms with Crippen LogP contribution in [0, 0.1) is 6.92 Å². The molecule has 2 aliphatic rings. The highest BCUT2D eigenvalue weighted by atomic mass is 16.2. The van der Waals surface area contributed by atoms with E-state index in [0.717, 1.165) is 43.5 Å². The van der Waals surface area contributed by atoms with Crippen LogP contribution in [0.1, 0.15) is 63.0 Å². The maximum atomic E-state index is 12.8. The second kappa shape index (κ2) is 8.22. The third kappa shape index (κ3) is 4.35. The van der Waals surface area contributed by atoms with E-state index in [2.05, 4.69) is 49.2 Å². The van der Waals surface area contributed by atoms with Crippen molar-refractivity contribution in [2.45, 2.75) is 64.8 Å². The van der Waals surface area contributed by atoms with E-state index in [1.54, 1.807) is 0 Å². The number of hydrogen-bond donors (Lipinski definition) is 1. The normalized spacial score (nSPS) is 20.1. The van der Waals surface area contributed by atoms with Crippen LogP contribution in [0.5, 0.6) is 0 Å². The summed E-state index contributed by atoms with van der Waals surface area (Å²) in [4.78, 5) is 17.4. The van der Waals surface area contributed by atoms with Gasteiger partial charge in [0.25, 0.3) is 0 Å². The van der Waals surface area contributed by atoms with Gasteiger partial charge in [-0.15, -0.1) is 0 Å². The van der Waals surface area contributed by atoms with Gasteiger partial charge in [0, 0.05) is 37.9 Å². The molecule has 2 amide bonds. The van der Waals surface area contributed by atoms with E-state index in [4.69, 9.17) is 0 Å². The van der Waals surface area contributed by atoms with Crippen LogP contribution in [0.3, 0.4) is 0 Å². The van der Waals surface area contributed by atoms with Crippen molar-refractivity contribution >= 4 is 11.7 Å². The number of nitrogens with zero attached hydrogens (tertiary/aromatic N) is 2. The van der Waals surface area contributed by atoms with E-state index >= 15 is 0 Å². The number of benzene rings is 1. The summed E-state index contributed by atoms with van der Waals surface area (Å²) in [5.74, 6) is 0.401. The average Bonchev–Trinajstić information content (AvgIpc) is 2.64. The number of hydrogen-bond acceptors (Lipinski definition) is 2. The summed E-state index contributed by atoms with van der Waals surface area (Å²) in [7, 11) is 0. The van der Waals surface area contributed by atoms with Gasteiger partial charge in [0.2, 0.25) is 0 Å². The number of aryl methyl sites for hydroxylation is 1. The molecule has 1 heterocycles. The first-order chi connectivity index (χ1) is 12.1. The van der Waals surface area contributed by atoms with Gasteiger partial charge in [-0.2, -0.15) is 0 Å². The Bertz CT molecular complexity index is 585. The molecule has 0 unspecified atom stereocenters. The molecule has 0 bridgehead atoms. The number of carbonyl (C=O) groups excluding carboxylic acids is 1. The minimum absolute atomic E-state index is 0.0551. The molecule has 1 saturated heterocycles. The van der Waals surface area contributed by atoms with Gasteiger partial charge in [0.15, 0.2) is 0 Å². The van der Waals surface area contributed by atoms with E-state index in [-0.39, 0.29) is 6.03 Å². The van der Waals surface area contributed by atoms with E-state index in [1.165, 1.54) is 37.7 Å². The van der Waals surface area contributed by atoms with Gasteiger partial charge in [-0.3, -0.25) is 4.90 Å². The van der Waals surface area contributed by atoms with Crippen molar-refractivity contribution in [1.82, 2.24) is 9.80 Å². The quantitative estimate of drug-likeness (QED) is 0.870. The minimum atomic E-state index is 0.0551. The molecule has 0 radical (unpaired) electrons. The number of amides is 2. The van der Waals surface area contributed by atoms with Crippen molar-refractivity contribution in [3.8, 4) is 0 Å². The molecule has 1 aliphatic carbocycles. The van der Waals surface area contributed by atoms with Crippen LogP contribution in [-0.4, -0.2) is 48.1 Å². The molecule has 1 N–H and O–H groups in total. The zero-order valence-electron chi connectivity index (χ0n) is 16.1. The highest BCUT2D eigenvalue weighted by molar-refractivity contribution is 5.91. The minimum Gasteiger partial charge on any atom is -0.322 e. The Morgan fingerprint density at radius 3 is 2.40 bits per heavy atom. The molecule has 1 aromatic carbocycles. The van der Waals surface area contributed by atoms with E-state index in [0.29, 0.717) is 5.92 Å². The maximum absolute atomic E-state index is 12.8. The molecule has 1 aliphatic heterocycles. The molecule has 4 nitrogen and oxygen atoms in total. The zero-order valence-corrected chi connectivity index (χ0v) is 16.1. The zero-order chi connectivity index (χ0) is 17.8. The van der Waals surface area contributed by atoms with Gasteiger partial charge < -0.3 is 10.2 Å². The monoisotopic (exact) mass is 343 g/mol. The van der Waals surface area contributed by atoms with Gasteiger partial charge in [-0.1, -0.05) is 51.3 Å². The SMILES string of the molecule is Cc1cccc(C(C)C)c1NC(=O)N1CCN(C2CCCCC2)CC1. The van der Waals surface area contributed by atoms with Crippen molar-refractivity contribution in [3.05, 3.63) is 29.3 Å². The predicted molar refractivity (Wildman–Crippen MR) is 104 cm³/mol.